The molecular weight excluding hydrogens is 486 g/mol. The van der Waals surface area contributed by atoms with E-state index in [4.69, 9.17) is 33.8 Å². The molecule has 10 heteroatoms. The van der Waals surface area contributed by atoms with Crippen molar-refractivity contribution in [1.29, 1.82) is 0 Å². The van der Waals surface area contributed by atoms with E-state index in [0.29, 0.717) is 6.61 Å². The molecule has 4 N–H and O–H groups in total. The normalized spacial score (nSPS) is 11.9. The molecule has 1 unspecified atom stereocenters. The fourth-order valence-electron chi connectivity index (χ4n) is 3.45. The molecule has 0 aromatic heterocycles. The fraction of sp³-hybridized carbons (Fsp3) is 0.958. The first kappa shape index (κ1) is 39.6. The molecule has 0 bridgehead atoms. The van der Waals surface area contributed by atoms with Crippen LogP contribution in [-0.4, -0.2) is 96.6 Å². The van der Waals surface area contributed by atoms with Gasteiger partial charge in [0.25, 0.3) is 0 Å². The first-order valence-electron chi connectivity index (χ1n) is 12.9. The zero-order chi connectivity index (χ0) is 25.2. The maximum absolute atomic E-state index is 10.7. The third-order valence-electron chi connectivity index (χ3n) is 5.24. The van der Waals surface area contributed by atoms with Gasteiger partial charge in [0.15, 0.2) is 6.29 Å². The molecular formula is C24H52KO8P. The molecule has 34 heavy (non-hydrogen) atoms. The number of rotatable bonds is 23. The number of unbranched alkanes of at least 4 members (excludes halogenated alkanes) is 15. The number of carbonyl (C=O) groups is 1. The average molecular weight is 539 g/mol. The van der Waals surface area contributed by atoms with E-state index in [2.05, 4.69) is 13.8 Å². The van der Waals surface area contributed by atoms with Crippen LogP contribution >= 0.6 is 7.82 Å². The van der Waals surface area contributed by atoms with Crippen molar-refractivity contribution in [3.05, 3.63) is 0 Å². The van der Waals surface area contributed by atoms with Crippen LogP contribution in [0, 0.1) is 0 Å². The Labute approximate surface area is 250 Å². The Hall–Kier alpha value is 1.14. The molecule has 0 aromatic carbocycles. The molecule has 8 nitrogen and oxygen atoms in total. The summed E-state index contributed by atoms with van der Waals surface area (Å²) in [6, 6.07) is 0. The summed E-state index contributed by atoms with van der Waals surface area (Å²) < 4.78 is 20.0. The number of aliphatic carboxylic acids is 1. The Balaban J connectivity index is -0.00000144. The van der Waals surface area contributed by atoms with Crippen molar-refractivity contribution in [1.82, 2.24) is 0 Å². The van der Waals surface area contributed by atoms with Crippen LogP contribution in [0.15, 0.2) is 0 Å². The first-order valence-corrected chi connectivity index (χ1v) is 14.5. The van der Waals surface area contributed by atoms with Gasteiger partial charge in [0, 0.05) is 6.61 Å². The van der Waals surface area contributed by atoms with Gasteiger partial charge in [-0.2, -0.15) is 0 Å². The molecule has 0 saturated heterocycles. The van der Waals surface area contributed by atoms with Gasteiger partial charge >= 0.3 is 65.2 Å². The molecule has 0 amide bonds. The van der Waals surface area contributed by atoms with E-state index in [-0.39, 0.29) is 64.3 Å². The van der Waals surface area contributed by atoms with Crippen molar-refractivity contribution in [3.63, 3.8) is 0 Å². The summed E-state index contributed by atoms with van der Waals surface area (Å²) in [5.41, 5.74) is 0. The van der Waals surface area contributed by atoms with E-state index >= 15 is 0 Å². The third kappa shape index (κ3) is 43.2. The Morgan fingerprint density at radius 3 is 1.41 bits per heavy atom. The second-order valence-electron chi connectivity index (χ2n) is 8.61. The van der Waals surface area contributed by atoms with Crippen LogP contribution in [0.25, 0.3) is 0 Å². The number of phosphoric acid groups is 1. The van der Waals surface area contributed by atoms with E-state index in [1.165, 1.54) is 96.3 Å². The number of ether oxygens (including phenoxy) is 2. The Kier molecular flexibility index (Phi) is 35.4. The number of hydrogen-bond donors (Lipinski definition) is 4. The molecule has 0 fully saturated rings. The average Bonchev–Trinajstić information content (AvgIpc) is 2.73. The number of carboxylic acid groups (broad SMARTS) is 1. The molecule has 0 aliphatic heterocycles. The summed E-state index contributed by atoms with van der Waals surface area (Å²) >= 11 is 0. The SMILES string of the molecule is CCCCCCCCCCCCCCCC(OCCCCCC)OCC(=O)O.O=P(O)(O)O.[KH]. The predicted molar refractivity (Wildman–Crippen MR) is 139 cm³/mol. The van der Waals surface area contributed by atoms with E-state index < -0.39 is 13.8 Å². The summed E-state index contributed by atoms with van der Waals surface area (Å²) in [6.07, 6.45) is 22.4. The molecule has 0 aliphatic carbocycles. The molecule has 0 spiro atoms. The van der Waals surface area contributed by atoms with Gasteiger partial charge in [-0.3, -0.25) is 0 Å². The van der Waals surface area contributed by atoms with Gasteiger partial charge in [-0.15, -0.1) is 0 Å². The van der Waals surface area contributed by atoms with Gasteiger partial charge in [0.2, 0.25) is 0 Å². The zero-order valence-electron chi connectivity index (χ0n) is 21.1. The Morgan fingerprint density at radius 2 is 1.03 bits per heavy atom. The fourth-order valence-corrected chi connectivity index (χ4v) is 3.45. The minimum absolute atomic E-state index is 0. The Bertz CT molecular complexity index is 454. The van der Waals surface area contributed by atoms with Gasteiger partial charge in [0.1, 0.15) is 6.61 Å². The van der Waals surface area contributed by atoms with E-state index in [0.717, 1.165) is 19.3 Å². The molecule has 0 saturated carbocycles. The van der Waals surface area contributed by atoms with Crippen LogP contribution in [0.1, 0.15) is 129 Å². The summed E-state index contributed by atoms with van der Waals surface area (Å²) in [4.78, 5) is 32.3. The van der Waals surface area contributed by atoms with Crippen LogP contribution in [-0.2, 0) is 18.8 Å². The van der Waals surface area contributed by atoms with E-state index in [1.807, 2.05) is 0 Å². The van der Waals surface area contributed by atoms with E-state index in [1.54, 1.807) is 0 Å². The molecule has 0 rings (SSSR count). The second kappa shape index (κ2) is 30.4. The molecule has 0 aliphatic rings. The van der Waals surface area contributed by atoms with Gasteiger partial charge in [-0.05, 0) is 19.3 Å². The summed E-state index contributed by atoms with van der Waals surface area (Å²) in [7, 11) is -4.64. The second-order valence-corrected chi connectivity index (χ2v) is 9.64. The molecule has 1 atom stereocenters. The van der Waals surface area contributed by atoms with Crippen molar-refractivity contribution in [2.75, 3.05) is 13.2 Å². The summed E-state index contributed by atoms with van der Waals surface area (Å²) in [6.45, 7) is 4.86. The van der Waals surface area contributed by atoms with Crippen molar-refractivity contribution >= 4 is 65.2 Å². The van der Waals surface area contributed by atoms with Crippen molar-refractivity contribution < 1.29 is 38.6 Å². The predicted octanol–water partition coefficient (Wildman–Crippen LogP) is 5.91. The topological polar surface area (TPSA) is 134 Å². The quantitative estimate of drug-likeness (QED) is 0.0546. The third-order valence-corrected chi connectivity index (χ3v) is 5.24. The monoisotopic (exact) mass is 538 g/mol. The van der Waals surface area contributed by atoms with E-state index in [9.17, 15) is 4.79 Å². The molecule has 0 heterocycles. The minimum atomic E-state index is -4.64. The maximum atomic E-state index is 10.7. The van der Waals surface area contributed by atoms with Gasteiger partial charge in [-0.25, -0.2) is 9.36 Å². The van der Waals surface area contributed by atoms with Crippen molar-refractivity contribution in [3.8, 4) is 0 Å². The molecule has 0 radical (unpaired) electrons. The van der Waals surface area contributed by atoms with Gasteiger partial charge in [-0.1, -0.05) is 110 Å². The zero-order valence-corrected chi connectivity index (χ0v) is 22.0. The van der Waals surface area contributed by atoms with Crippen LogP contribution < -0.4 is 0 Å². The molecule has 0 aromatic rings. The van der Waals surface area contributed by atoms with Crippen molar-refractivity contribution in [2.24, 2.45) is 0 Å². The number of carboxylic acids is 1. The first-order chi connectivity index (χ1) is 15.7. The van der Waals surface area contributed by atoms with Crippen LogP contribution in [0.5, 0.6) is 0 Å². The number of hydrogen-bond acceptors (Lipinski definition) is 4. The summed E-state index contributed by atoms with van der Waals surface area (Å²) in [5.74, 6) is -0.926. The standard InChI is InChI=1S/C24H48O4.K.H3O4P.H/c1-3-5-7-9-10-11-12-13-14-15-16-17-18-20-24(28-22-23(25)26)27-21-19-8-6-4-2;;1-5(2,3)4;/h24H,3-22H2,1-2H3,(H,25,26);;(H3,1,2,3,4);. The van der Waals surface area contributed by atoms with Crippen LogP contribution in [0.3, 0.4) is 0 Å². The molecule has 202 valence electrons. The Morgan fingerprint density at radius 1 is 0.676 bits per heavy atom. The summed E-state index contributed by atoms with van der Waals surface area (Å²) in [5, 5.41) is 8.81. The van der Waals surface area contributed by atoms with Gasteiger partial charge in [0.05, 0.1) is 0 Å². The van der Waals surface area contributed by atoms with Gasteiger partial charge < -0.3 is 29.3 Å². The van der Waals surface area contributed by atoms with Crippen LogP contribution in [0.2, 0.25) is 0 Å². The van der Waals surface area contributed by atoms with Crippen molar-refractivity contribution in [2.45, 2.75) is 136 Å². The van der Waals surface area contributed by atoms with Crippen LogP contribution in [0.4, 0.5) is 0 Å².